The van der Waals surface area contributed by atoms with Gasteiger partial charge in [-0.3, -0.25) is 0 Å². The van der Waals surface area contributed by atoms with Crippen molar-refractivity contribution in [2.24, 2.45) is 23.7 Å². The molecule has 0 spiro atoms. The first-order chi connectivity index (χ1) is 9.58. The van der Waals surface area contributed by atoms with E-state index in [1.807, 2.05) is 7.11 Å². The van der Waals surface area contributed by atoms with E-state index in [1.54, 1.807) is 0 Å². The highest BCUT2D eigenvalue weighted by Crippen LogP contribution is 2.40. The minimum absolute atomic E-state index is 0.610. The molecule has 1 fully saturated rings. The molecule has 2 nitrogen and oxygen atoms in total. The van der Waals surface area contributed by atoms with E-state index >= 15 is 0 Å². The van der Waals surface area contributed by atoms with Crippen molar-refractivity contribution in [3.63, 3.8) is 0 Å². The first-order valence-corrected chi connectivity index (χ1v) is 8.80. The molecule has 0 heterocycles. The first kappa shape index (κ1) is 18.0. The van der Waals surface area contributed by atoms with E-state index in [9.17, 15) is 0 Å². The molecule has 1 rings (SSSR count). The van der Waals surface area contributed by atoms with Gasteiger partial charge in [0.1, 0.15) is 0 Å². The summed E-state index contributed by atoms with van der Waals surface area (Å²) in [6.45, 7) is 11.4. The Morgan fingerprint density at radius 1 is 1.20 bits per heavy atom. The van der Waals surface area contributed by atoms with Crippen LogP contribution in [0.5, 0.6) is 0 Å². The average Bonchev–Trinajstić information content (AvgIpc) is 2.43. The Bertz CT molecular complexity index is 242. The van der Waals surface area contributed by atoms with Crippen molar-refractivity contribution in [1.29, 1.82) is 0 Å². The van der Waals surface area contributed by atoms with Gasteiger partial charge in [0.2, 0.25) is 0 Å². The highest BCUT2D eigenvalue weighted by molar-refractivity contribution is 4.84. The van der Waals surface area contributed by atoms with E-state index in [1.165, 1.54) is 45.1 Å². The van der Waals surface area contributed by atoms with Crippen LogP contribution in [0.4, 0.5) is 0 Å². The molecule has 20 heavy (non-hydrogen) atoms. The van der Waals surface area contributed by atoms with Gasteiger partial charge < -0.3 is 10.1 Å². The molecule has 0 amide bonds. The molecule has 0 aromatic heterocycles. The lowest BCUT2D eigenvalue weighted by Crippen LogP contribution is -2.38. The van der Waals surface area contributed by atoms with Crippen LogP contribution < -0.4 is 5.32 Å². The lowest BCUT2D eigenvalue weighted by molar-refractivity contribution is 0.0931. The van der Waals surface area contributed by atoms with Gasteiger partial charge in [0.25, 0.3) is 0 Å². The second-order valence-corrected chi connectivity index (χ2v) is 7.21. The number of hydrogen-bond acceptors (Lipinski definition) is 2. The Kier molecular flexibility index (Phi) is 8.79. The minimum atomic E-state index is 0.610. The molecule has 1 N–H and O–H groups in total. The largest absolute Gasteiger partial charge is 0.385 e. The van der Waals surface area contributed by atoms with Crippen molar-refractivity contribution in [1.82, 2.24) is 5.32 Å². The molecule has 120 valence electrons. The molecule has 2 heteroatoms. The fraction of sp³-hybridized carbons (Fsp3) is 1.00. The highest BCUT2D eigenvalue weighted by Gasteiger charge is 2.33. The molecular formula is C18H37NO. The Morgan fingerprint density at radius 2 is 1.95 bits per heavy atom. The zero-order valence-electron chi connectivity index (χ0n) is 14.5. The summed E-state index contributed by atoms with van der Waals surface area (Å²) in [5.74, 6) is 3.54. The highest BCUT2D eigenvalue weighted by atomic mass is 16.5. The van der Waals surface area contributed by atoms with Crippen molar-refractivity contribution in [3.8, 4) is 0 Å². The Labute approximate surface area is 127 Å². The minimum Gasteiger partial charge on any atom is -0.385 e. The van der Waals surface area contributed by atoms with Gasteiger partial charge in [0, 0.05) is 19.8 Å². The van der Waals surface area contributed by atoms with Crippen molar-refractivity contribution in [2.75, 3.05) is 20.3 Å². The third kappa shape index (κ3) is 6.13. The van der Waals surface area contributed by atoms with Gasteiger partial charge in [-0.15, -0.1) is 0 Å². The molecule has 1 aliphatic rings. The van der Waals surface area contributed by atoms with Gasteiger partial charge in [0.05, 0.1) is 0 Å². The average molecular weight is 284 g/mol. The second-order valence-electron chi connectivity index (χ2n) is 7.21. The number of hydrogen-bond donors (Lipinski definition) is 1. The van der Waals surface area contributed by atoms with Crippen molar-refractivity contribution < 1.29 is 4.74 Å². The summed E-state index contributed by atoms with van der Waals surface area (Å²) in [5, 5.41) is 3.67. The van der Waals surface area contributed by atoms with Gasteiger partial charge in [0.15, 0.2) is 0 Å². The monoisotopic (exact) mass is 283 g/mol. The Balaban J connectivity index is 2.56. The van der Waals surface area contributed by atoms with E-state index in [4.69, 9.17) is 4.74 Å². The van der Waals surface area contributed by atoms with E-state index < -0.39 is 0 Å². The summed E-state index contributed by atoms with van der Waals surface area (Å²) in [4.78, 5) is 0. The van der Waals surface area contributed by atoms with Crippen LogP contribution in [-0.2, 0) is 4.74 Å². The topological polar surface area (TPSA) is 21.3 Å². The van der Waals surface area contributed by atoms with Crippen molar-refractivity contribution in [2.45, 2.75) is 72.3 Å². The molecule has 1 aliphatic carbocycles. The fourth-order valence-corrected chi connectivity index (χ4v) is 3.88. The summed E-state index contributed by atoms with van der Waals surface area (Å²) >= 11 is 0. The molecule has 0 bridgehead atoms. The number of nitrogens with one attached hydrogen (secondary N) is 1. The Hall–Kier alpha value is -0.0800. The van der Waals surface area contributed by atoms with Gasteiger partial charge in [-0.05, 0) is 49.5 Å². The van der Waals surface area contributed by atoms with Gasteiger partial charge >= 0.3 is 0 Å². The molecule has 1 saturated carbocycles. The van der Waals surface area contributed by atoms with Crippen LogP contribution in [0.15, 0.2) is 0 Å². The second kappa shape index (κ2) is 9.78. The summed E-state index contributed by atoms with van der Waals surface area (Å²) in [6.07, 6.45) is 8.32. The summed E-state index contributed by atoms with van der Waals surface area (Å²) in [5.41, 5.74) is 0. The van der Waals surface area contributed by atoms with Crippen LogP contribution in [0.1, 0.15) is 66.2 Å². The fourth-order valence-electron chi connectivity index (χ4n) is 3.88. The standard InChI is InChI=1S/C18H37NO/c1-6-7-16-8-9-17(13-19-14(2)3)18(12-16)15(4)10-11-20-5/h14-19H,6-13H2,1-5H3. The quantitative estimate of drug-likeness (QED) is 0.673. The van der Waals surface area contributed by atoms with E-state index in [0.717, 1.165) is 30.3 Å². The predicted molar refractivity (Wildman–Crippen MR) is 88.0 cm³/mol. The van der Waals surface area contributed by atoms with Crippen molar-refractivity contribution >= 4 is 0 Å². The third-order valence-electron chi connectivity index (χ3n) is 5.15. The number of ether oxygens (including phenoxy) is 1. The van der Waals surface area contributed by atoms with Gasteiger partial charge in [-0.2, -0.15) is 0 Å². The summed E-state index contributed by atoms with van der Waals surface area (Å²) in [7, 11) is 1.82. The predicted octanol–water partition coefficient (Wildman–Crippen LogP) is 4.49. The lowest BCUT2D eigenvalue weighted by atomic mass is 9.67. The van der Waals surface area contributed by atoms with Gasteiger partial charge in [-0.25, -0.2) is 0 Å². The number of methoxy groups -OCH3 is 1. The van der Waals surface area contributed by atoms with Crippen LogP contribution in [-0.4, -0.2) is 26.3 Å². The normalized spacial score (nSPS) is 28.8. The van der Waals surface area contributed by atoms with Crippen LogP contribution in [0.3, 0.4) is 0 Å². The summed E-state index contributed by atoms with van der Waals surface area (Å²) in [6, 6.07) is 0.610. The molecule has 0 saturated heterocycles. The van der Waals surface area contributed by atoms with E-state index in [-0.39, 0.29) is 0 Å². The SMILES string of the molecule is CCCC1CCC(CNC(C)C)C(C(C)CCOC)C1. The third-order valence-corrected chi connectivity index (χ3v) is 5.15. The summed E-state index contributed by atoms with van der Waals surface area (Å²) < 4.78 is 5.30. The van der Waals surface area contributed by atoms with E-state index in [0.29, 0.717) is 6.04 Å². The van der Waals surface area contributed by atoms with Gasteiger partial charge in [-0.1, -0.05) is 47.0 Å². The van der Waals surface area contributed by atoms with Crippen molar-refractivity contribution in [3.05, 3.63) is 0 Å². The van der Waals surface area contributed by atoms with Crippen LogP contribution in [0.25, 0.3) is 0 Å². The molecule has 0 aromatic rings. The van der Waals surface area contributed by atoms with Crippen LogP contribution >= 0.6 is 0 Å². The number of rotatable bonds is 9. The molecular weight excluding hydrogens is 246 g/mol. The molecule has 4 atom stereocenters. The Morgan fingerprint density at radius 3 is 2.55 bits per heavy atom. The van der Waals surface area contributed by atoms with Crippen LogP contribution in [0.2, 0.25) is 0 Å². The lowest BCUT2D eigenvalue weighted by Gasteiger charge is -2.40. The zero-order valence-corrected chi connectivity index (χ0v) is 14.5. The maximum atomic E-state index is 5.30. The van der Waals surface area contributed by atoms with E-state index in [2.05, 4.69) is 33.0 Å². The maximum Gasteiger partial charge on any atom is 0.0464 e. The first-order valence-electron chi connectivity index (χ1n) is 8.80. The van der Waals surface area contributed by atoms with Crippen LogP contribution in [0, 0.1) is 23.7 Å². The maximum absolute atomic E-state index is 5.30. The molecule has 4 unspecified atom stereocenters. The molecule has 0 aromatic carbocycles. The molecule has 0 radical (unpaired) electrons. The molecule has 0 aliphatic heterocycles. The smallest absolute Gasteiger partial charge is 0.0464 e. The zero-order chi connectivity index (χ0) is 15.0.